The first-order valence-electron chi connectivity index (χ1n) is 7.83. The molecule has 21 heavy (non-hydrogen) atoms. The van der Waals surface area contributed by atoms with Gasteiger partial charge in [-0.2, -0.15) is 0 Å². The van der Waals surface area contributed by atoms with Crippen molar-refractivity contribution in [2.45, 2.75) is 51.6 Å². The van der Waals surface area contributed by atoms with E-state index in [0.717, 1.165) is 25.8 Å². The molecule has 0 spiro atoms. The summed E-state index contributed by atoms with van der Waals surface area (Å²) in [6.07, 6.45) is 3.31. The van der Waals surface area contributed by atoms with E-state index in [1.165, 1.54) is 0 Å². The summed E-state index contributed by atoms with van der Waals surface area (Å²) < 4.78 is 0. The number of likely N-dealkylation sites (tertiary alicyclic amines) is 1. The highest BCUT2D eigenvalue weighted by atomic mass is 16.4. The number of amides is 2. The van der Waals surface area contributed by atoms with Gasteiger partial charge in [-0.1, -0.05) is 12.8 Å². The molecule has 1 N–H and O–H groups in total. The zero-order valence-electron chi connectivity index (χ0n) is 13.7. The van der Waals surface area contributed by atoms with Gasteiger partial charge in [-0.05, 0) is 40.8 Å². The molecule has 1 fully saturated rings. The van der Waals surface area contributed by atoms with Crippen LogP contribution in [-0.4, -0.2) is 77.6 Å². The van der Waals surface area contributed by atoms with Crippen LogP contribution in [0.15, 0.2) is 0 Å². The number of carbonyl (C=O) groups is 2. The highest BCUT2D eigenvalue weighted by Crippen LogP contribution is 2.19. The minimum Gasteiger partial charge on any atom is -0.480 e. The average molecular weight is 299 g/mol. The van der Waals surface area contributed by atoms with E-state index in [0.29, 0.717) is 19.5 Å². The van der Waals surface area contributed by atoms with Crippen LogP contribution in [0.25, 0.3) is 0 Å². The van der Waals surface area contributed by atoms with Crippen LogP contribution < -0.4 is 0 Å². The molecule has 0 aromatic heterocycles. The zero-order chi connectivity index (χ0) is 16.0. The van der Waals surface area contributed by atoms with Crippen LogP contribution in [0.5, 0.6) is 0 Å². The Labute approximate surface area is 127 Å². The van der Waals surface area contributed by atoms with Crippen molar-refractivity contribution in [3.05, 3.63) is 0 Å². The van der Waals surface area contributed by atoms with E-state index in [2.05, 4.69) is 0 Å². The summed E-state index contributed by atoms with van der Waals surface area (Å²) >= 11 is 0. The summed E-state index contributed by atoms with van der Waals surface area (Å²) in [5, 5.41) is 9.40. The smallest absolute Gasteiger partial charge is 0.326 e. The normalized spacial score (nSPS) is 21.0. The van der Waals surface area contributed by atoms with Crippen LogP contribution in [0, 0.1) is 0 Å². The molecule has 0 bridgehead atoms. The molecule has 0 saturated carbocycles. The van der Waals surface area contributed by atoms with Gasteiger partial charge in [0.05, 0.1) is 0 Å². The van der Waals surface area contributed by atoms with Crippen molar-refractivity contribution < 1.29 is 14.7 Å². The number of hydrogen-bond acceptors (Lipinski definition) is 3. The van der Waals surface area contributed by atoms with Gasteiger partial charge in [-0.15, -0.1) is 0 Å². The molecule has 1 aliphatic rings. The maximum Gasteiger partial charge on any atom is 0.326 e. The zero-order valence-corrected chi connectivity index (χ0v) is 13.7. The lowest BCUT2D eigenvalue weighted by atomic mass is 10.1. The third-order valence-electron chi connectivity index (χ3n) is 4.03. The van der Waals surface area contributed by atoms with Gasteiger partial charge in [-0.3, -0.25) is 0 Å². The van der Waals surface area contributed by atoms with Crippen LogP contribution >= 0.6 is 0 Å². The lowest BCUT2D eigenvalue weighted by Crippen LogP contribution is -2.54. The van der Waals surface area contributed by atoms with Gasteiger partial charge in [0.2, 0.25) is 0 Å². The fourth-order valence-corrected chi connectivity index (χ4v) is 3.02. The maximum absolute atomic E-state index is 12.8. The minimum atomic E-state index is -0.887. The molecule has 0 aromatic carbocycles. The van der Waals surface area contributed by atoms with Gasteiger partial charge in [0, 0.05) is 25.7 Å². The van der Waals surface area contributed by atoms with Crippen molar-refractivity contribution in [2.75, 3.05) is 33.7 Å². The van der Waals surface area contributed by atoms with Gasteiger partial charge < -0.3 is 19.8 Å². The Morgan fingerprint density at radius 3 is 2.48 bits per heavy atom. The van der Waals surface area contributed by atoms with Gasteiger partial charge in [0.15, 0.2) is 0 Å². The molecule has 2 amide bonds. The van der Waals surface area contributed by atoms with E-state index < -0.39 is 12.0 Å². The van der Waals surface area contributed by atoms with E-state index in [4.69, 9.17) is 0 Å². The highest BCUT2D eigenvalue weighted by Gasteiger charge is 2.34. The molecule has 1 heterocycles. The standard InChI is InChI=1S/C15H29N3O3/c1-5-17(12(2)11-16(3)4)15(21)18-10-8-6-7-9-13(18)14(19)20/h12-13H,5-11H2,1-4H3,(H,19,20). The number of aliphatic carboxylic acids is 1. The Hall–Kier alpha value is -1.30. The fourth-order valence-electron chi connectivity index (χ4n) is 3.02. The molecular weight excluding hydrogens is 270 g/mol. The second kappa shape index (κ2) is 8.22. The second-order valence-corrected chi connectivity index (χ2v) is 6.08. The molecule has 0 radical (unpaired) electrons. The Morgan fingerprint density at radius 2 is 1.95 bits per heavy atom. The quantitative estimate of drug-likeness (QED) is 0.839. The molecular formula is C15H29N3O3. The van der Waals surface area contributed by atoms with Crippen molar-refractivity contribution in [3.8, 4) is 0 Å². The Balaban J connectivity index is 2.86. The number of rotatable bonds is 5. The summed E-state index contributed by atoms with van der Waals surface area (Å²) in [4.78, 5) is 29.6. The fraction of sp³-hybridized carbons (Fsp3) is 0.867. The summed E-state index contributed by atoms with van der Waals surface area (Å²) in [5.41, 5.74) is 0. The molecule has 122 valence electrons. The van der Waals surface area contributed by atoms with Crippen LogP contribution in [0.1, 0.15) is 39.5 Å². The topological polar surface area (TPSA) is 64.1 Å². The first-order chi connectivity index (χ1) is 9.88. The van der Waals surface area contributed by atoms with Gasteiger partial charge in [0.25, 0.3) is 0 Å². The summed E-state index contributed by atoms with van der Waals surface area (Å²) in [7, 11) is 3.95. The second-order valence-electron chi connectivity index (χ2n) is 6.08. The first-order valence-corrected chi connectivity index (χ1v) is 7.83. The minimum absolute atomic E-state index is 0.0650. The summed E-state index contributed by atoms with van der Waals surface area (Å²) in [6, 6.07) is -0.753. The number of likely N-dealkylation sites (N-methyl/N-ethyl adjacent to an activating group) is 2. The van der Waals surface area contributed by atoms with Crippen molar-refractivity contribution in [1.82, 2.24) is 14.7 Å². The molecule has 0 aliphatic carbocycles. The van der Waals surface area contributed by atoms with E-state index in [1.807, 2.05) is 32.8 Å². The van der Waals surface area contributed by atoms with E-state index in [9.17, 15) is 14.7 Å². The number of carboxylic acid groups (broad SMARTS) is 1. The average Bonchev–Trinajstić information content (AvgIpc) is 2.63. The van der Waals surface area contributed by atoms with Gasteiger partial charge >= 0.3 is 12.0 Å². The van der Waals surface area contributed by atoms with E-state index in [-0.39, 0.29) is 12.1 Å². The van der Waals surface area contributed by atoms with Crippen LogP contribution in [0.4, 0.5) is 4.79 Å². The highest BCUT2D eigenvalue weighted by molar-refractivity contribution is 5.83. The number of carboxylic acids is 1. The molecule has 0 aromatic rings. The summed E-state index contributed by atoms with van der Waals surface area (Å²) in [5.74, 6) is -0.887. The maximum atomic E-state index is 12.8. The molecule has 1 aliphatic heterocycles. The molecule has 2 unspecified atom stereocenters. The molecule has 1 saturated heterocycles. The molecule has 2 atom stereocenters. The number of carbonyl (C=O) groups excluding carboxylic acids is 1. The Bertz CT molecular complexity index is 360. The van der Waals surface area contributed by atoms with Crippen LogP contribution in [0.3, 0.4) is 0 Å². The molecule has 6 heteroatoms. The molecule has 1 rings (SSSR count). The number of urea groups is 1. The lowest BCUT2D eigenvalue weighted by molar-refractivity contribution is -0.142. The van der Waals surface area contributed by atoms with Crippen LogP contribution in [-0.2, 0) is 4.79 Å². The lowest BCUT2D eigenvalue weighted by Gasteiger charge is -2.36. The van der Waals surface area contributed by atoms with Gasteiger partial charge in [-0.25, -0.2) is 9.59 Å². The largest absolute Gasteiger partial charge is 0.480 e. The Morgan fingerprint density at radius 1 is 1.29 bits per heavy atom. The van der Waals surface area contributed by atoms with Crippen molar-refractivity contribution in [1.29, 1.82) is 0 Å². The predicted molar refractivity (Wildman–Crippen MR) is 82.4 cm³/mol. The van der Waals surface area contributed by atoms with E-state index >= 15 is 0 Å². The predicted octanol–water partition coefficient (Wildman–Crippen LogP) is 1.71. The number of nitrogens with zero attached hydrogens (tertiary/aromatic N) is 3. The molecule has 6 nitrogen and oxygen atoms in total. The first kappa shape index (κ1) is 17.8. The van der Waals surface area contributed by atoms with Gasteiger partial charge in [0.1, 0.15) is 6.04 Å². The number of hydrogen-bond donors (Lipinski definition) is 1. The SMILES string of the molecule is CCN(C(=O)N1CCCCCC1C(=O)O)C(C)CN(C)C. The summed E-state index contributed by atoms with van der Waals surface area (Å²) in [6.45, 7) is 5.86. The monoisotopic (exact) mass is 299 g/mol. The van der Waals surface area contributed by atoms with Crippen molar-refractivity contribution >= 4 is 12.0 Å². The van der Waals surface area contributed by atoms with E-state index in [1.54, 1.807) is 9.80 Å². The van der Waals surface area contributed by atoms with Crippen molar-refractivity contribution in [2.24, 2.45) is 0 Å². The van der Waals surface area contributed by atoms with Crippen molar-refractivity contribution in [3.63, 3.8) is 0 Å². The third-order valence-corrected chi connectivity index (χ3v) is 4.03. The Kier molecular flexibility index (Phi) is 6.95. The van der Waals surface area contributed by atoms with Crippen LogP contribution in [0.2, 0.25) is 0 Å². The third kappa shape index (κ3) is 4.88.